The Hall–Kier alpha value is -2.86. The van der Waals surface area contributed by atoms with Gasteiger partial charge in [0, 0.05) is 31.0 Å². The van der Waals surface area contributed by atoms with Crippen molar-refractivity contribution in [2.24, 2.45) is 0 Å². The highest BCUT2D eigenvalue weighted by atomic mass is 16.1. The fraction of sp³-hybridized carbons (Fsp3) is 0.263. The van der Waals surface area contributed by atoms with Crippen LogP contribution in [0.2, 0.25) is 0 Å². The van der Waals surface area contributed by atoms with Crippen molar-refractivity contribution >= 4 is 28.3 Å². The number of fused-ring (bicyclic) bond motifs is 1. The molecular formula is C19H21N5O. The van der Waals surface area contributed by atoms with Crippen LogP contribution in [0.5, 0.6) is 0 Å². The molecule has 1 aliphatic heterocycles. The molecule has 2 heterocycles. The quantitative estimate of drug-likeness (QED) is 0.688. The van der Waals surface area contributed by atoms with Gasteiger partial charge in [0.2, 0.25) is 0 Å². The summed E-state index contributed by atoms with van der Waals surface area (Å²) in [6.07, 6.45) is 2.75. The number of aromatic nitrogens is 2. The molecule has 1 fully saturated rings. The summed E-state index contributed by atoms with van der Waals surface area (Å²) in [5.41, 5.74) is 4.10. The van der Waals surface area contributed by atoms with Gasteiger partial charge >= 0.3 is 0 Å². The van der Waals surface area contributed by atoms with Crippen molar-refractivity contribution in [3.8, 4) is 0 Å². The van der Waals surface area contributed by atoms with E-state index in [-0.39, 0.29) is 5.91 Å². The summed E-state index contributed by atoms with van der Waals surface area (Å²) in [5.74, 6) is -0.149. The Balaban J connectivity index is 1.49. The van der Waals surface area contributed by atoms with E-state index in [1.807, 2.05) is 24.3 Å². The summed E-state index contributed by atoms with van der Waals surface area (Å²) in [7, 11) is 0. The predicted molar refractivity (Wildman–Crippen MR) is 100 cm³/mol. The van der Waals surface area contributed by atoms with E-state index in [2.05, 4.69) is 37.6 Å². The molecule has 1 saturated heterocycles. The molecule has 0 spiro atoms. The maximum absolute atomic E-state index is 12.6. The van der Waals surface area contributed by atoms with Crippen LogP contribution < -0.4 is 15.5 Å². The molecule has 3 aromatic rings. The first-order valence-corrected chi connectivity index (χ1v) is 8.60. The standard InChI is InChI=1S/C19H21N5O/c25-19(16-3-1-4-17-18(16)22-13-21-17)23-14-5-7-15(8-6-14)24-11-2-9-20-10-12-24/h1,3-8,13,20H,2,9-12H2,(H,21,22)(H,23,25). The number of H-pyrrole nitrogens is 1. The van der Waals surface area contributed by atoms with E-state index in [0.717, 1.165) is 43.8 Å². The number of aromatic amines is 1. The van der Waals surface area contributed by atoms with Crippen molar-refractivity contribution < 1.29 is 4.79 Å². The number of rotatable bonds is 3. The van der Waals surface area contributed by atoms with Crippen LogP contribution in [-0.4, -0.2) is 42.1 Å². The van der Waals surface area contributed by atoms with Crippen LogP contribution in [0.25, 0.3) is 11.0 Å². The lowest BCUT2D eigenvalue weighted by atomic mass is 10.1. The van der Waals surface area contributed by atoms with Gasteiger partial charge in [-0.25, -0.2) is 4.98 Å². The number of hydrogen-bond donors (Lipinski definition) is 3. The normalized spacial score (nSPS) is 15.1. The first-order valence-electron chi connectivity index (χ1n) is 8.60. The average Bonchev–Trinajstić information content (AvgIpc) is 2.96. The summed E-state index contributed by atoms with van der Waals surface area (Å²) in [5, 5.41) is 6.37. The number of benzene rings is 2. The van der Waals surface area contributed by atoms with E-state index < -0.39 is 0 Å². The molecule has 1 aromatic heterocycles. The molecule has 0 atom stereocenters. The number of hydrogen-bond acceptors (Lipinski definition) is 4. The van der Waals surface area contributed by atoms with E-state index in [9.17, 15) is 4.79 Å². The van der Waals surface area contributed by atoms with Gasteiger partial charge in [0.25, 0.3) is 5.91 Å². The Kier molecular flexibility index (Phi) is 4.35. The van der Waals surface area contributed by atoms with Crippen LogP contribution in [0.3, 0.4) is 0 Å². The molecule has 0 saturated carbocycles. The third-order valence-corrected chi connectivity index (χ3v) is 4.52. The minimum atomic E-state index is -0.149. The van der Waals surface area contributed by atoms with Crippen LogP contribution >= 0.6 is 0 Å². The van der Waals surface area contributed by atoms with Gasteiger partial charge in [0.05, 0.1) is 17.4 Å². The van der Waals surface area contributed by atoms with Gasteiger partial charge in [-0.15, -0.1) is 0 Å². The van der Waals surface area contributed by atoms with E-state index in [1.54, 1.807) is 12.4 Å². The number of carbonyl (C=O) groups excluding carboxylic acids is 1. The number of imidazole rings is 1. The van der Waals surface area contributed by atoms with Crippen molar-refractivity contribution in [1.29, 1.82) is 0 Å². The summed E-state index contributed by atoms with van der Waals surface area (Å²) in [4.78, 5) is 22.2. The summed E-state index contributed by atoms with van der Waals surface area (Å²) < 4.78 is 0. The zero-order valence-electron chi connectivity index (χ0n) is 14.0. The maximum Gasteiger partial charge on any atom is 0.257 e. The molecule has 6 heteroatoms. The Morgan fingerprint density at radius 2 is 1.96 bits per heavy atom. The number of nitrogens with one attached hydrogen (secondary N) is 3. The fourth-order valence-corrected chi connectivity index (χ4v) is 3.21. The van der Waals surface area contributed by atoms with Crippen molar-refractivity contribution in [2.45, 2.75) is 6.42 Å². The van der Waals surface area contributed by atoms with E-state index >= 15 is 0 Å². The number of para-hydroxylation sites is 1. The molecule has 25 heavy (non-hydrogen) atoms. The van der Waals surface area contributed by atoms with Gasteiger partial charge in [-0.1, -0.05) is 6.07 Å². The Morgan fingerprint density at radius 3 is 2.84 bits per heavy atom. The highest BCUT2D eigenvalue weighted by molar-refractivity contribution is 6.11. The molecule has 128 valence electrons. The lowest BCUT2D eigenvalue weighted by Crippen LogP contribution is -2.27. The molecule has 0 bridgehead atoms. The smallest absolute Gasteiger partial charge is 0.257 e. The second-order valence-corrected chi connectivity index (χ2v) is 6.20. The number of amides is 1. The number of carbonyl (C=O) groups is 1. The van der Waals surface area contributed by atoms with Crippen molar-refractivity contribution in [3.63, 3.8) is 0 Å². The zero-order chi connectivity index (χ0) is 17.1. The summed E-state index contributed by atoms with van der Waals surface area (Å²) in [6.45, 7) is 4.14. The summed E-state index contributed by atoms with van der Waals surface area (Å²) >= 11 is 0. The number of anilines is 2. The van der Waals surface area contributed by atoms with Gasteiger partial charge in [-0.2, -0.15) is 0 Å². The highest BCUT2D eigenvalue weighted by Gasteiger charge is 2.13. The first-order chi connectivity index (χ1) is 12.3. The van der Waals surface area contributed by atoms with Crippen LogP contribution in [0.1, 0.15) is 16.8 Å². The first kappa shape index (κ1) is 15.7. The topological polar surface area (TPSA) is 73.1 Å². The molecule has 0 radical (unpaired) electrons. The second-order valence-electron chi connectivity index (χ2n) is 6.20. The van der Waals surface area contributed by atoms with Gasteiger partial charge in [0.1, 0.15) is 5.52 Å². The Labute approximate surface area is 146 Å². The van der Waals surface area contributed by atoms with Crippen molar-refractivity contribution in [1.82, 2.24) is 15.3 Å². The van der Waals surface area contributed by atoms with Crippen LogP contribution in [0, 0.1) is 0 Å². The maximum atomic E-state index is 12.6. The lowest BCUT2D eigenvalue weighted by molar-refractivity contribution is 0.102. The fourth-order valence-electron chi connectivity index (χ4n) is 3.21. The lowest BCUT2D eigenvalue weighted by Gasteiger charge is -2.22. The van der Waals surface area contributed by atoms with Crippen molar-refractivity contribution in [3.05, 3.63) is 54.4 Å². The number of nitrogens with zero attached hydrogens (tertiary/aromatic N) is 2. The summed E-state index contributed by atoms with van der Waals surface area (Å²) in [6, 6.07) is 13.6. The highest BCUT2D eigenvalue weighted by Crippen LogP contribution is 2.20. The molecule has 4 rings (SSSR count). The molecular weight excluding hydrogens is 314 g/mol. The minimum Gasteiger partial charge on any atom is -0.370 e. The molecule has 0 aliphatic carbocycles. The molecule has 6 nitrogen and oxygen atoms in total. The molecule has 3 N–H and O–H groups in total. The third-order valence-electron chi connectivity index (χ3n) is 4.52. The largest absolute Gasteiger partial charge is 0.370 e. The second kappa shape index (κ2) is 6.94. The van der Waals surface area contributed by atoms with E-state index in [0.29, 0.717) is 11.1 Å². The van der Waals surface area contributed by atoms with E-state index in [1.165, 1.54) is 5.69 Å². The zero-order valence-corrected chi connectivity index (χ0v) is 14.0. The van der Waals surface area contributed by atoms with E-state index in [4.69, 9.17) is 0 Å². The molecule has 1 amide bonds. The monoisotopic (exact) mass is 335 g/mol. The van der Waals surface area contributed by atoms with Crippen LogP contribution in [0.4, 0.5) is 11.4 Å². The van der Waals surface area contributed by atoms with Crippen LogP contribution in [-0.2, 0) is 0 Å². The van der Waals surface area contributed by atoms with Gasteiger partial charge in [0.15, 0.2) is 0 Å². The van der Waals surface area contributed by atoms with Gasteiger partial charge in [-0.05, 0) is 49.4 Å². The van der Waals surface area contributed by atoms with Crippen molar-refractivity contribution in [2.75, 3.05) is 36.4 Å². The Bertz CT molecular complexity index is 863. The SMILES string of the molecule is O=C(Nc1ccc(N2CCCNCC2)cc1)c1cccc2[nH]cnc12. The average molecular weight is 335 g/mol. The molecule has 2 aromatic carbocycles. The minimum absolute atomic E-state index is 0.149. The van der Waals surface area contributed by atoms with Gasteiger partial charge in [-0.3, -0.25) is 4.79 Å². The third kappa shape index (κ3) is 3.34. The van der Waals surface area contributed by atoms with Crippen LogP contribution in [0.15, 0.2) is 48.8 Å². The molecule has 0 unspecified atom stereocenters. The Morgan fingerprint density at radius 1 is 1.08 bits per heavy atom. The predicted octanol–water partition coefficient (Wildman–Crippen LogP) is 2.61. The molecule has 1 aliphatic rings. The van der Waals surface area contributed by atoms with Gasteiger partial charge < -0.3 is 20.5 Å².